The van der Waals surface area contributed by atoms with Crippen molar-refractivity contribution >= 4 is 27.5 Å². The van der Waals surface area contributed by atoms with E-state index in [0.717, 1.165) is 11.3 Å². The van der Waals surface area contributed by atoms with Crippen molar-refractivity contribution in [3.05, 3.63) is 24.3 Å². The number of anilines is 1. The number of rotatable bonds is 7. The van der Waals surface area contributed by atoms with Gasteiger partial charge in [0.25, 0.3) is 0 Å². The monoisotopic (exact) mass is 330 g/mol. The summed E-state index contributed by atoms with van der Waals surface area (Å²) in [6.45, 7) is 1.82. The third kappa shape index (κ3) is 4.88. The fourth-order valence-corrected chi connectivity index (χ4v) is 5.31. The summed E-state index contributed by atoms with van der Waals surface area (Å²) in [5.41, 5.74) is 6.41. The lowest BCUT2D eigenvalue weighted by Gasteiger charge is -2.16. The molecule has 1 aliphatic heterocycles. The second kappa shape index (κ2) is 7.49. The van der Waals surface area contributed by atoms with Crippen LogP contribution in [0.15, 0.2) is 29.2 Å². The average molecular weight is 330 g/mol. The number of nitrogens with zero attached hydrogens (tertiary/aromatic N) is 1. The molecule has 0 spiro atoms. The Morgan fingerprint density at radius 3 is 3.00 bits per heavy atom. The topological polar surface area (TPSA) is 72.6 Å². The van der Waals surface area contributed by atoms with Gasteiger partial charge in [-0.05, 0) is 30.5 Å². The molecule has 0 aromatic heterocycles. The Bertz CT molecular complexity index is 563. The van der Waals surface area contributed by atoms with Gasteiger partial charge in [-0.2, -0.15) is 0 Å². The molecule has 0 aliphatic carbocycles. The van der Waals surface area contributed by atoms with Crippen LogP contribution in [0.5, 0.6) is 0 Å². The summed E-state index contributed by atoms with van der Waals surface area (Å²) in [7, 11) is -1.51. The lowest BCUT2D eigenvalue weighted by atomic mass is 10.1. The van der Waals surface area contributed by atoms with E-state index in [0.29, 0.717) is 37.1 Å². The van der Waals surface area contributed by atoms with Crippen molar-refractivity contribution in [3.8, 4) is 0 Å². The maximum atomic E-state index is 12.3. The van der Waals surface area contributed by atoms with Crippen LogP contribution in [0.3, 0.4) is 0 Å². The van der Waals surface area contributed by atoms with Crippen LogP contribution in [0.25, 0.3) is 0 Å². The predicted molar refractivity (Wildman–Crippen MR) is 86.9 cm³/mol. The Hall–Kier alpha value is -0.760. The molecule has 1 unspecified atom stereocenters. The van der Waals surface area contributed by atoms with Gasteiger partial charge in [-0.15, -0.1) is 11.8 Å². The minimum Gasteiger partial charge on any atom is -0.399 e. The molecule has 1 atom stereocenters. The average Bonchev–Trinajstić information content (AvgIpc) is 2.88. The molecule has 118 valence electrons. The van der Waals surface area contributed by atoms with Crippen LogP contribution in [0.2, 0.25) is 0 Å². The number of methoxy groups -OCH3 is 1. The van der Waals surface area contributed by atoms with E-state index >= 15 is 0 Å². The quantitative estimate of drug-likeness (QED) is 0.608. The van der Waals surface area contributed by atoms with Crippen molar-refractivity contribution in [2.24, 2.45) is 5.92 Å². The minimum absolute atomic E-state index is 0.159. The molecule has 0 bridgehead atoms. The number of nitrogens with two attached hydrogens (primary N) is 1. The van der Waals surface area contributed by atoms with Gasteiger partial charge in [0.2, 0.25) is 10.0 Å². The van der Waals surface area contributed by atoms with Gasteiger partial charge < -0.3 is 10.5 Å². The van der Waals surface area contributed by atoms with Gasteiger partial charge in [0.1, 0.15) is 0 Å². The first-order valence-electron chi connectivity index (χ1n) is 6.96. The molecule has 21 heavy (non-hydrogen) atoms. The van der Waals surface area contributed by atoms with Crippen molar-refractivity contribution in [3.63, 3.8) is 0 Å². The Morgan fingerprint density at radius 1 is 1.48 bits per heavy atom. The van der Waals surface area contributed by atoms with Crippen LogP contribution >= 0.6 is 11.8 Å². The number of ether oxygens (including phenoxy) is 1. The summed E-state index contributed by atoms with van der Waals surface area (Å²) < 4.78 is 31.3. The van der Waals surface area contributed by atoms with Gasteiger partial charge in [-0.25, -0.2) is 12.7 Å². The molecule has 5 nitrogen and oxygen atoms in total. The molecule has 2 N–H and O–H groups in total. The Morgan fingerprint density at radius 2 is 2.29 bits per heavy atom. The molecular weight excluding hydrogens is 308 g/mol. The Labute approximate surface area is 130 Å². The first kappa shape index (κ1) is 16.6. The van der Waals surface area contributed by atoms with E-state index in [1.165, 1.54) is 11.8 Å². The Balaban J connectivity index is 1.82. The van der Waals surface area contributed by atoms with Crippen LogP contribution < -0.4 is 5.73 Å². The summed E-state index contributed by atoms with van der Waals surface area (Å²) in [6, 6.07) is 7.50. The van der Waals surface area contributed by atoms with E-state index in [2.05, 4.69) is 0 Å². The number of hydrogen-bond donors (Lipinski definition) is 1. The molecule has 1 saturated heterocycles. The van der Waals surface area contributed by atoms with E-state index < -0.39 is 10.0 Å². The van der Waals surface area contributed by atoms with E-state index in [1.807, 2.05) is 24.3 Å². The van der Waals surface area contributed by atoms with Crippen molar-refractivity contribution in [2.45, 2.75) is 11.3 Å². The fourth-order valence-electron chi connectivity index (χ4n) is 2.42. The highest BCUT2D eigenvalue weighted by molar-refractivity contribution is 8.00. The van der Waals surface area contributed by atoms with E-state index in [9.17, 15) is 8.42 Å². The molecule has 0 amide bonds. The smallest absolute Gasteiger partial charge is 0.214 e. The van der Waals surface area contributed by atoms with Crippen LogP contribution in [-0.2, 0) is 14.8 Å². The maximum Gasteiger partial charge on any atom is 0.214 e. The third-order valence-electron chi connectivity index (χ3n) is 3.51. The predicted octanol–water partition coefficient (Wildman–Crippen LogP) is 1.66. The zero-order valence-corrected chi connectivity index (χ0v) is 13.8. The van der Waals surface area contributed by atoms with Gasteiger partial charge >= 0.3 is 0 Å². The number of sulfonamides is 1. The Kier molecular flexibility index (Phi) is 5.92. The maximum absolute atomic E-state index is 12.3. The molecule has 1 aromatic carbocycles. The van der Waals surface area contributed by atoms with Crippen molar-refractivity contribution < 1.29 is 13.2 Å². The van der Waals surface area contributed by atoms with Crippen molar-refractivity contribution in [2.75, 3.05) is 44.0 Å². The second-order valence-electron chi connectivity index (χ2n) is 5.21. The number of hydrogen-bond acceptors (Lipinski definition) is 5. The third-order valence-corrected chi connectivity index (χ3v) is 6.60. The molecule has 2 rings (SSSR count). The highest BCUT2D eigenvalue weighted by Crippen LogP contribution is 2.23. The molecule has 1 fully saturated rings. The number of thioether (sulfide) groups is 1. The summed E-state index contributed by atoms with van der Waals surface area (Å²) in [4.78, 5) is 1.00. The number of benzene rings is 1. The first-order chi connectivity index (χ1) is 10.0. The second-order valence-corrected chi connectivity index (χ2v) is 8.46. The highest BCUT2D eigenvalue weighted by Gasteiger charge is 2.30. The molecular formula is C14H22N2O3S2. The van der Waals surface area contributed by atoms with Gasteiger partial charge in [-0.3, -0.25) is 0 Å². The first-order valence-corrected chi connectivity index (χ1v) is 9.56. The summed E-state index contributed by atoms with van der Waals surface area (Å²) in [5.74, 6) is 1.02. The van der Waals surface area contributed by atoms with Crippen molar-refractivity contribution in [1.82, 2.24) is 4.31 Å². The SMILES string of the molecule is COCC1CCN(S(=O)(=O)CCSc2cccc(N)c2)C1. The normalized spacial score (nSPS) is 20.0. The van der Waals surface area contributed by atoms with Gasteiger partial charge in [-0.1, -0.05) is 6.07 Å². The fraction of sp³-hybridized carbons (Fsp3) is 0.571. The van der Waals surface area contributed by atoms with Gasteiger partial charge in [0.15, 0.2) is 0 Å². The summed E-state index contributed by atoms with van der Waals surface area (Å²) in [6.07, 6.45) is 0.884. The van der Waals surface area contributed by atoms with Crippen molar-refractivity contribution in [1.29, 1.82) is 0 Å². The summed E-state index contributed by atoms with van der Waals surface area (Å²) >= 11 is 1.52. The van der Waals surface area contributed by atoms with E-state index in [-0.39, 0.29) is 5.75 Å². The minimum atomic E-state index is -3.17. The molecule has 1 heterocycles. The number of nitrogen functional groups attached to an aromatic ring is 1. The largest absolute Gasteiger partial charge is 0.399 e. The van der Waals surface area contributed by atoms with Crippen LogP contribution in [0.1, 0.15) is 6.42 Å². The molecule has 7 heteroatoms. The standard InChI is InChI=1S/C14H22N2O3S2/c1-19-11-12-5-6-16(10-12)21(17,18)8-7-20-14-4-2-3-13(15)9-14/h2-4,9,12H,5-8,10-11,15H2,1H3. The zero-order chi connectivity index (χ0) is 15.3. The molecule has 0 radical (unpaired) electrons. The molecule has 1 aromatic rings. The molecule has 0 saturated carbocycles. The van der Waals surface area contributed by atoms with Crippen LogP contribution in [0.4, 0.5) is 5.69 Å². The van der Waals surface area contributed by atoms with E-state index in [4.69, 9.17) is 10.5 Å². The molecule has 1 aliphatic rings. The van der Waals surface area contributed by atoms with Crippen LogP contribution in [0, 0.1) is 5.92 Å². The van der Waals surface area contributed by atoms with E-state index in [1.54, 1.807) is 11.4 Å². The zero-order valence-electron chi connectivity index (χ0n) is 12.2. The van der Waals surface area contributed by atoms with Crippen LogP contribution in [-0.4, -0.2) is 51.0 Å². The van der Waals surface area contributed by atoms with Gasteiger partial charge in [0.05, 0.1) is 12.4 Å². The highest BCUT2D eigenvalue weighted by atomic mass is 32.2. The van der Waals surface area contributed by atoms with Gasteiger partial charge in [0, 0.05) is 36.5 Å². The lowest BCUT2D eigenvalue weighted by molar-refractivity contribution is 0.157. The lowest BCUT2D eigenvalue weighted by Crippen LogP contribution is -2.32. The summed E-state index contributed by atoms with van der Waals surface area (Å²) in [5, 5.41) is 0.